The van der Waals surface area contributed by atoms with Crippen molar-refractivity contribution in [1.82, 2.24) is 4.72 Å². The Morgan fingerprint density at radius 2 is 1.77 bits per heavy atom. The fraction of sp³-hybridized carbons (Fsp3) is 0.235. The zero-order valence-electron chi connectivity index (χ0n) is 14.1. The molecule has 2 aromatic rings. The molecule has 0 aliphatic carbocycles. The van der Waals surface area contributed by atoms with Crippen LogP contribution >= 0.6 is 0 Å². The fourth-order valence-corrected chi connectivity index (χ4v) is 3.27. The first-order chi connectivity index (χ1) is 12.2. The van der Waals surface area contributed by atoms with E-state index in [4.69, 9.17) is 4.74 Å². The van der Waals surface area contributed by atoms with E-state index >= 15 is 0 Å². The monoisotopic (exact) mass is 384 g/mol. The van der Waals surface area contributed by atoms with Crippen molar-refractivity contribution >= 4 is 21.6 Å². The van der Waals surface area contributed by atoms with Crippen LogP contribution in [-0.2, 0) is 14.8 Å². The first kappa shape index (κ1) is 19.8. The lowest BCUT2D eigenvalue weighted by Crippen LogP contribution is -2.30. The first-order valence-electron chi connectivity index (χ1n) is 7.67. The predicted octanol–water partition coefficient (Wildman–Crippen LogP) is 2.67. The van der Waals surface area contributed by atoms with E-state index in [0.29, 0.717) is 0 Å². The Labute approximate surface area is 150 Å². The Morgan fingerprint density at radius 3 is 2.38 bits per heavy atom. The Hall–Kier alpha value is -2.52. The summed E-state index contributed by atoms with van der Waals surface area (Å²) in [5, 5.41) is 2.19. The van der Waals surface area contributed by atoms with Gasteiger partial charge >= 0.3 is 0 Å². The van der Waals surface area contributed by atoms with Gasteiger partial charge < -0.3 is 10.1 Å². The molecule has 2 rings (SSSR count). The van der Waals surface area contributed by atoms with Crippen molar-refractivity contribution in [3.63, 3.8) is 0 Å². The minimum absolute atomic E-state index is 0.0600. The van der Waals surface area contributed by atoms with Crippen molar-refractivity contribution in [2.75, 3.05) is 11.9 Å². The number of benzene rings is 2. The van der Waals surface area contributed by atoms with E-state index in [1.54, 1.807) is 13.8 Å². The Kier molecular flexibility index (Phi) is 6.27. The zero-order chi connectivity index (χ0) is 19.3. The van der Waals surface area contributed by atoms with Gasteiger partial charge in [0.15, 0.2) is 6.61 Å². The summed E-state index contributed by atoms with van der Waals surface area (Å²) in [5.74, 6) is -1.89. The third-order valence-electron chi connectivity index (χ3n) is 3.10. The molecule has 0 unspecified atom stereocenters. The molecule has 0 aromatic heterocycles. The second kappa shape index (κ2) is 8.24. The number of sulfonamides is 1. The minimum atomic E-state index is -3.62. The topological polar surface area (TPSA) is 84.5 Å². The Bertz CT molecular complexity index is 884. The summed E-state index contributed by atoms with van der Waals surface area (Å²) in [7, 11) is -3.62. The maximum absolute atomic E-state index is 13.5. The minimum Gasteiger partial charge on any atom is -0.484 e. The van der Waals surface area contributed by atoms with E-state index in [1.165, 1.54) is 24.3 Å². The van der Waals surface area contributed by atoms with Crippen LogP contribution in [0.15, 0.2) is 47.4 Å². The van der Waals surface area contributed by atoms with Gasteiger partial charge in [0.05, 0.1) is 10.6 Å². The number of nitrogens with one attached hydrogen (secondary N) is 2. The van der Waals surface area contributed by atoms with Crippen molar-refractivity contribution < 1.29 is 26.7 Å². The molecule has 0 saturated carbocycles. The zero-order valence-corrected chi connectivity index (χ0v) is 14.9. The number of hydrogen-bond donors (Lipinski definition) is 2. The summed E-state index contributed by atoms with van der Waals surface area (Å²) in [4.78, 5) is 11.8. The molecule has 0 spiro atoms. The summed E-state index contributed by atoms with van der Waals surface area (Å²) in [6.07, 6.45) is 0. The highest BCUT2D eigenvalue weighted by molar-refractivity contribution is 7.89. The van der Waals surface area contributed by atoms with Crippen LogP contribution in [0.2, 0.25) is 0 Å². The number of anilines is 1. The fourth-order valence-electron chi connectivity index (χ4n) is 2.02. The molecule has 0 saturated heterocycles. The second-order valence-electron chi connectivity index (χ2n) is 5.71. The molecule has 26 heavy (non-hydrogen) atoms. The van der Waals surface area contributed by atoms with Crippen molar-refractivity contribution in [3.8, 4) is 5.75 Å². The highest BCUT2D eigenvalue weighted by atomic mass is 32.2. The van der Waals surface area contributed by atoms with Crippen LogP contribution in [-0.4, -0.2) is 27.0 Å². The maximum Gasteiger partial charge on any atom is 0.262 e. The van der Waals surface area contributed by atoms with Crippen molar-refractivity contribution in [1.29, 1.82) is 0 Å². The second-order valence-corrected chi connectivity index (χ2v) is 7.42. The maximum atomic E-state index is 13.5. The van der Waals surface area contributed by atoms with E-state index in [2.05, 4.69) is 10.0 Å². The molecule has 0 atom stereocenters. The van der Waals surface area contributed by atoms with Gasteiger partial charge in [-0.15, -0.1) is 0 Å². The van der Waals surface area contributed by atoms with Crippen LogP contribution in [0.4, 0.5) is 14.5 Å². The van der Waals surface area contributed by atoms with Crippen molar-refractivity contribution in [2.45, 2.75) is 24.8 Å². The molecule has 6 nitrogen and oxygen atoms in total. The molecule has 0 aliphatic heterocycles. The summed E-state index contributed by atoms with van der Waals surface area (Å²) < 4.78 is 58.2. The van der Waals surface area contributed by atoms with Crippen LogP contribution in [0.5, 0.6) is 5.75 Å². The third kappa shape index (κ3) is 5.50. The lowest BCUT2D eigenvalue weighted by Gasteiger charge is -2.11. The lowest BCUT2D eigenvalue weighted by atomic mass is 10.3. The van der Waals surface area contributed by atoms with Gasteiger partial charge in [-0.25, -0.2) is 21.9 Å². The van der Waals surface area contributed by atoms with E-state index < -0.39 is 34.2 Å². The largest absolute Gasteiger partial charge is 0.484 e. The normalized spacial score (nSPS) is 11.4. The summed E-state index contributed by atoms with van der Waals surface area (Å²) >= 11 is 0. The number of carbonyl (C=O) groups excluding carboxylic acids is 1. The SMILES string of the molecule is CC(C)NS(=O)(=O)c1ccc(OCC(=O)Nc2cc(F)ccc2F)cc1. The van der Waals surface area contributed by atoms with Crippen molar-refractivity contribution in [3.05, 3.63) is 54.1 Å². The van der Waals surface area contributed by atoms with Crippen LogP contribution < -0.4 is 14.8 Å². The number of ether oxygens (including phenoxy) is 1. The summed E-state index contributed by atoms with van der Waals surface area (Å²) in [5.41, 5.74) is -0.292. The quantitative estimate of drug-likeness (QED) is 0.769. The first-order valence-corrected chi connectivity index (χ1v) is 9.16. The van der Waals surface area contributed by atoms with Gasteiger partial charge in [0, 0.05) is 12.1 Å². The van der Waals surface area contributed by atoms with E-state index in [0.717, 1.165) is 18.2 Å². The van der Waals surface area contributed by atoms with E-state index in [-0.39, 0.29) is 22.4 Å². The molecule has 2 aromatic carbocycles. The number of amides is 1. The molecule has 0 bridgehead atoms. The predicted molar refractivity (Wildman–Crippen MR) is 92.4 cm³/mol. The van der Waals surface area contributed by atoms with Gasteiger partial charge in [-0.3, -0.25) is 4.79 Å². The van der Waals surface area contributed by atoms with Gasteiger partial charge in [0.1, 0.15) is 17.4 Å². The number of carbonyl (C=O) groups is 1. The van der Waals surface area contributed by atoms with Crippen LogP contribution in [0, 0.1) is 11.6 Å². The molecular weight excluding hydrogens is 366 g/mol. The summed E-state index contributed by atoms with van der Waals surface area (Å²) in [6.45, 7) is 2.95. The average molecular weight is 384 g/mol. The van der Waals surface area contributed by atoms with E-state index in [1.807, 2.05) is 0 Å². The van der Waals surface area contributed by atoms with Gasteiger partial charge in [0.25, 0.3) is 5.91 Å². The third-order valence-corrected chi connectivity index (χ3v) is 4.77. The number of hydrogen-bond acceptors (Lipinski definition) is 4. The lowest BCUT2D eigenvalue weighted by molar-refractivity contribution is -0.118. The Balaban J connectivity index is 1.95. The molecule has 1 amide bonds. The molecule has 140 valence electrons. The molecule has 2 N–H and O–H groups in total. The van der Waals surface area contributed by atoms with Gasteiger partial charge in [-0.1, -0.05) is 0 Å². The number of rotatable bonds is 7. The average Bonchev–Trinajstić information content (AvgIpc) is 2.55. The van der Waals surface area contributed by atoms with Crippen LogP contribution in [0.1, 0.15) is 13.8 Å². The molecular formula is C17H18F2N2O4S. The molecule has 0 aliphatic rings. The summed E-state index contributed by atoms with van der Waals surface area (Å²) in [6, 6.07) is 7.91. The molecule has 0 radical (unpaired) electrons. The molecule has 9 heteroatoms. The van der Waals surface area contributed by atoms with Gasteiger partial charge in [-0.05, 0) is 50.2 Å². The standard InChI is InChI=1S/C17H18F2N2O4S/c1-11(2)21-26(23,24)14-6-4-13(5-7-14)25-10-17(22)20-16-9-12(18)3-8-15(16)19/h3-9,11,21H,10H2,1-2H3,(H,20,22). The van der Waals surface area contributed by atoms with Gasteiger partial charge in [-0.2, -0.15) is 0 Å². The highest BCUT2D eigenvalue weighted by Gasteiger charge is 2.15. The van der Waals surface area contributed by atoms with Crippen LogP contribution in [0.3, 0.4) is 0 Å². The molecule has 0 heterocycles. The van der Waals surface area contributed by atoms with Crippen molar-refractivity contribution in [2.24, 2.45) is 0 Å². The molecule has 0 fully saturated rings. The van der Waals surface area contributed by atoms with E-state index in [9.17, 15) is 22.0 Å². The smallest absolute Gasteiger partial charge is 0.262 e. The highest BCUT2D eigenvalue weighted by Crippen LogP contribution is 2.17. The Morgan fingerprint density at radius 1 is 1.12 bits per heavy atom. The van der Waals surface area contributed by atoms with Crippen LogP contribution in [0.25, 0.3) is 0 Å². The number of halogens is 2. The van der Waals surface area contributed by atoms with Gasteiger partial charge in [0.2, 0.25) is 10.0 Å².